The van der Waals surface area contributed by atoms with Gasteiger partial charge in [0.05, 0.1) is 12.2 Å². The minimum Gasteiger partial charge on any atom is -0.296 e. The van der Waals surface area contributed by atoms with Crippen LogP contribution >= 0.6 is 0 Å². The first-order valence-corrected chi connectivity index (χ1v) is 6.37. The van der Waals surface area contributed by atoms with Gasteiger partial charge in [-0.05, 0) is 18.9 Å². The molecule has 5 heteroatoms. The summed E-state index contributed by atoms with van der Waals surface area (Å²) in [6.45, 7) is 2.37. The minimum absolute atomic E-state index is 0.271. The standard InChI is InChI=1S/C14H16FN3O/c1-2-3-8-14-13(10-19)16-17-18(14)9-11-6-4-5-7-12(11)15/h4-7,10H,2-3,8-9H2,1H3. The first-order valence-electron chi connectivity index (χ1n) is 6.37. The molecule has 0 saturated heterocycles. The van der Waals surface area contributed by atoms with E-state index in [4.69, 9.17) is 0 Å². The Bertz CT molecular complexity index is 566. The zero-order valence-electron chi connectivity index (χ0n) is 10.8. The van der Waals surface area contributed by atoms with E-state index in [-0.39, 0.29) is 5.82 Å². The lowest BCUT2D eigenvalue weighted by atomic mass is 10.1. The van der Waals surface area contributed by atoms with Crippen LogP contribution in [0, 0.1) is 5.82 Å². The first kappa shape index (κ1) is 13.4. The maximum Gasteiger partial charge on any atom is 0.172 e. The van der Waals surface area contributed by atoms with Gasteiger partial charge in [0.1, 0.15) is 11.5 Å². The SMILES string of the molecule is CCCCc1c(C=O)nnn1Cc1ccccc1F. The zero-order chi connectivity index (χ0) is 13.7. The molecule has 0 amide bonds. The van der Waals surface area contributed by atoms with Gasteiger partial charge in [-0.1, -0.05) is 36.8 Å². The van der Waals surface area contributed by atoms with Gasteiger partial charge in [-0.3, -0.25) is 4.79 Å². The summed E-state index contributed by atoms with van der Waals surface area (Å²) >= 11 is 0. The third-order valence-electron chi connectivity index (χ3n) is 3.02. The smallest absolute Gasteiger partial charge is 0.172 e. The molecule has 0 aliphatic rings. The van der Waals surface area contributed by atoms with Crippen LogP contribution in [0.5, 0.6) is 0 Å². The second kappa shape index (κ2) is 6.22. The van der Waals surface area contributed by atoms with Crippen molar-refractivity contribution in [2.45, 2.75) is 32.7 Å². The number of carbonyl (C=O) groups is 1. The molecule has 0 aliphatic heterocycles. The number of benzene rings is 1. The largest absolute Gasteiger partial charge is 0.296 e. The highest BCUT2D eigenvalue weighted by molar-refractivity contribution is 5.73. The van der Waals surface area contributed by atoms with Crippen LogP contribution in [0.4, 0.5) is 4.39 Å². The second-order valence-corrected chi connectivity index (χ2v) is 4.39. The molecule has 100 valence electrons. The Morgan fingerprint density at radius 1 is 1.37 bits per heavy atom. The molecule has 4 nitrogen and oxygen atoms in total. The Kier molecular flexibility index (Phi) is 4.39. The highest BCUT2D eigenvalue weighted by atomic mass is 19.1. The van der Waals surface area contributed by atoms with E-state index in [9.17, 15) is 9.18 Å². The zero-order valence-corrected chi connectivity index (χ0v) is 10.8. The molecular weight excluding hydrogens is 245 g/mol. The van der Waals surface area contributed by atoms with Gasteiger partial charge in [-0.25, -0.2) is 9.07 Å². The fourth-order valence-electron chi connectivity index (χ4n) is 1.95. The van der Waals surface area contributed by atoms with E-state index in [1.54, 1.807) is 22.9 Å². The number of nitrogens with zero attached hydrogens (tertiary/aromatic N) is 3. The molecule has 0 spiro atoms. The number of unbranched alkanes of at least 4 members (excludes halogenated alkanes) is 1. The van der Waals surface area contributed by atoms with Crippen LogP contribution < -0.4 is 0 Å². The van der Waals surface area contributed by atoms with Gasteiger partial charge in [-0.2, -0.15) is 0 Å². The summed E-state index contributed by atoms with van der Waals surface area (Å²) < 4.78 is 15.2. The van der Waals surface area contributed by atoms with Gasteiger partial charge >= 0.3 is 0 Å². The second-order valence-electron chi connectivity index (χ2n) is 4.39. The van der Waals surface area contributed by atoms with Crippen molar-refractivity contribution >= 4 is 6.29 Å². The van der Waals surface area contributed by atoms with Crippen LogP contribution in [0.15, 0.2) is 24.3 Å². The molecule has 19 heavy (non-hydrogen) atoms. The summed E-state index contributed by atoms with van der Waals surface area (Å²) in [5.74, 6) is -0.271. The van der Waals surface area contributed by atoms with Gasteiger partial charge in [0.2, 0.25) is 0 Å². The molecule has 0 N–H and O–H groups in total. The van der Waals surface area contributed by atoms with Crippen molar-refractivity contribution in [1.29, 1.82) is 0 Å². The highest BCUT2D eigenvalue weighted by Crippen LogP contribution is 2.13. The molecule has 0 atom stereocenters. The lowest BCUT2D eigenvalue weighted by Gasteiger charge is -2.07. The van der Waals surface area contributed by atoms with Gasteiger partial charge in [0.25, 0.3) is 0 Å². The van der Waals surface area contributed by atoms with Crippen LogP contribution in [0.2, 0.25) is 0 Å². The van der Waals surface area contributed by atoms with Crippen molar-refractivity contribution in [1.82, 2.24) is 15.0 Å². The van der Waals surface area contributed by atoms with Crippen molar-refractivity contribution in [2.75, 3.05) is 0 Å². The topological polar surface area (TPSA) is 47.8 Å². The summed E-state index contributed by atoms with van der Waals surface area (Å²) in [4.78, 5) is 10.9. The maximum absolute atomic E-state index is 13.6. The Balaban J connectivity index is 2.27. The van der Waals surface area contributed by atoms with E-state index >= 15 is 0 Å². The van der Waals surface area contributed by atoms with Crippen molar-refractivity contribution in [2.24, 2.45) is 0 Å². The van der Waals surface area contributed by atoms with Crippen LogP contribution in [0.3, 0.4) is 0 Å². The molecule has 0 radical (unpaired) electrons. The Hall–Kier alpha value is -2.04. The maximum atomic E-state index is 13.6. The average molecular weight is 261 g/mol. The summed E-state index contributed by atoms with van der Waals surface area (Å²) in [5, 5.41) is 7.78. The first-order chi connectivity index (χ1) is 9.26. The highest BCUT2D eigenvalue weighted by Gasteiger charge is 2.13. The van der Waals surface area contributed by atoms with Crippen molar-refractivity contribution in [3.8, 4) is 0 Å². The fraction of sp³-hybridized carbons (Fsp3) is 0.357. The number of halogens is 1. The Morgan fingerprint density at radius 3 is 2.84 bits per heavy atom. The fourth-order valence-corrected chi connectivity index (χ4v) is 1.95. The van der Waals surface area contributed by atoms with Gasteiger partial charge in [0.15, 0.2) is 6.29 Å². The number of rotatable bonds is 6. The predicted octanol–water partition coefficient (Wildman–Crippen LogP) is 2.62. The summed E-state index contributed by atoms with van der Waals surface area (Å²) in [6, 6.07) is 6.55. The molecule has 2 aromatic rings. The normalized spacial score (nSPS) is 10.6. The number of hydrogen-bond donors (Lipinski definition) is 0. The Labute approximate surface area is 111 Å². The van der Waals surface area contributed by atoms with E-state index in [0.717, 1.165) is 25.0 Å². The van der Waals surface area contributed by atoms with Crippen LogP contribution in [-0.4, -0.2) is 21.3 Å². The molecule has 0 unspecified atom stereocenters. The number of aldehydes is 1. The average Bonchev–Trinajstić information content (AvgIpc) is 2.81. The summed E-state index contributed by atoms with van der Waals surface area (Å²) in [5.41, 5.74) is 1.67. The minimum atomic E-state index is -0.271. The molecule has 1 aromatic heterocycles. The van der Waals surface area contributed by atoms with Crippen LogP contribution in [-0.2, 0) is 13.0 Å². The predicted molar refractivity (Wildman–Crippen MR) is 69.5 cm³/mol. The van der Waals surface area contributed by atoms with Crippen molar-refractivity contribution in [3.63, 3.8) is 0 Å². The van der Waals surface area contributed by atoms with Crippen molar-refractivity contribution in [3.05, 3.63) is 47.0 Å². The van der Waals surface area contributed by atoms with E-state index < -0.39 is 0 Å². The number of hydrogen-bond acceptors (Lipinski definition) is 3. The van der Waals surface area contributed by atoms with Gasteiger partial charge in [-0.15, -0.1) is 5.10 Å². The molecule has 0 aliphatic carbocycles. The third kappa shape index (κ3) is 3.05. The summed E-state index contributed by atoms with van der Waals surface area (Å²) in [7, 11) is 0. The molecule has 0 saturated carbocycles. The molecule has 2 rings (SSSR count). The van der Waals surface area contributed by atoms with E-state index in [2.05, 4.69) is 17.2 Å². The van der Waals surface area contributed by atoms with Crippen LogP contribution in [0.25, 0.3) is 0 Å². The lowest BCUT2D eigenvalue weighted by Crippen LogP contribution is -2.08. The molecule has 1 heterocycles. The molecule has 0 fully saturated rings. The van der Waals surface area contributed by atoms with Crippen molar-refractivity contribution < 1.29 is 9.18 Å². The lowest BCUT2D eigenvalue weighted by molar-refractivity contribution is 0.111. The Morgan fingerprint density at radius 2 is 2.16 bits per heavy atom. The molecule has 0 bridgehead atoms. The monoisotopic (exact) mass is 261 g/mol. The van der Waals surface area contributed by atoms with Crippen LogP contribution in [0.1, 0.15) is 41.5 Å². The van der Waals surface area contributed by atoms with Gasteiger partial charge in [0, 0.05) is 5.56 Å². The van der Waals surface area contributed by atoms with Gasteiger partial charge < -0.3 is 0 Å². The summed E-state index contributed by atoms with van der Waals surface area (Å²) in [6.07, 6.45) is 3.40. The third-order valence-corrected chi connectivity index (χ3v) is 3.02. The van der Waals surface area contributed by atoms with E-state index in [1.165, 1.54) is 6.07 Å². The molecule has 1 aromatic carbocycles. The number of aromatic nitrogens is 3. The van der Waals surface area contributed by atoms with E-state index in [0.29, 0.717) is 24.1 Å². The van der Waals surface area contributed by atoms with E-state index in [1.807, 2.05) is 0 Å². The number of carbonyl (C=O) groups excluding carboxylic acids is 1. The molecular formula is C14H16FN3O. The quantitative estimate of drug-likeness (QED) is 0.751.